The Kier molecular flexibility index (Phi) is 7.00. The van der Waals surface area contributed by atoms with Crippen molar-refractivity contribution in [3.63, 3.8) is 0 Å². The SMILES string of the molecule is CC(C)C[C@H](NC(=O)[C@@H](N)COC(C)(C)C)C(=O)O. The summed E-state index contributed by atoms with van der Waals surface area (Å²) in [5.41, 5.74) is 5.29. The molecule has 0 unspecified atom stereocenters. The summed E-state index contributed by atoms with van der Waals surface area (Å²) in [5.74, 6) is -1.38. The first-order valence-corrected chi connectivity index (χ1v) is 6.45. The van der Waals surface area contributed by atoms with Crippen molar-refractivity contribution in [3.05, 3.63) is 0 Å². The zero-order valence-electron chi connectivity index (χ0n) is 12.4. The molecule has 0 spiro atoms. The van der Waals surface area contributed by atoms with Gasteiger partial charge in [-0.25, -0.2) is 4.79 Å². The van der Waals surface area contributed by atoms with Crippen molar-refractivity contribution in [3.8, 4) is 0 Å². The van der Waals surface area contributed by atoms with Crippen molar-refractivity contribution in [2.75, 3.05) is 6.61 Å². The Hall–Kier alpha value is -1.14. The Morgan fingerprint density at radius 3 is 2.21 bits per heavy atom. The molecular weight excluding hydrogens is 248 g/mol. The van der Waals surface area contributed by atoms with Crippen LogP contribution < -0.4 is 11.1 Å². The first kappa shape index (κ1) is 17.9. The third-order valence-corrected chi connectivity index (χ3v) is 2.35. The molecule has 6 heteroatoms. The van der Waals surface area contributed by atoms with Gasteiger partial charge in [-0.1, -0.05) is 13.8 Å². The first-order chi connectivity index (χ1) is 8.53. The summed E-state index contributed by atoms with van der Waals surface area (Å²) in [6.07, 6.45) is 0.369. The van der Waals surface area contributed by atoms with Gasteiger partial charge in [0.15, 0.2) is 0 Å². The van der Waals surface area contributed by atoms with E-state index in [9.17, 15) is 9.59 Å². The first-order valence-electron chi connectivity index (χ1n) is 6.45. The van der Waals surface area contributed by atoms with Crippen LogP contribution >= 0.6 is 0 Å². The number of hydrogen-bond acceptors (Lipinski definition) is 4. The van der Waals surface area contributed by atoms with Crippen LogP contribution in [0, 0.1) is 5.92 Å². The van der Waals surface area contributed by atoms with Gasteiger partial charge in [0.05, 0.1) is 12.2 Å². The van der Waals surface area contributed by atoms with Gasteiger partial charge >= 0.3 is 5.97 Å². The quantitative estimate of drug-likeness (QED) is 0.635. The predicted octanol–water partition coefficient (Wildman–Crippen LogP) is 0.744. The molecule has 0 saturated heterocycles. The van der Waals surface area contributed by atoms with E-state index < -0.39 is 24.0 Å². The molecule has 0 heterocycles. The van der Waals surface area contributed by atoms with Gasteiger partial charge < -0.3 is 20.9 Å². The van der Waals surface area contributed by atoms with Crippen LogP contribution in [0.4, 0.5) is 0 Å². The molecule has 0 aliphatic rings. The third kappa shape index (κ3) is 8.56. The monoisotopic (exact) mass is 274 g/mol. The van der Waals surface area contributed by atoms with Crippen LogP contribution in [0.5, 0.6) is 0 Å². The van der Waals surface area contributed by atoms with Gasteiger partial charge in [0.1, 0.15) is 12.1 Å². The van der Waals surface area contributed by atoms with Crippen LogP contribution in [0.1, 0.15) is 41.0 Å². The number of carboxylic acid groups (broad SMARTS) is 1. The van der Waals surface area contributed by atoms with Crippen LogP contribution in [0.2, 0.25) is 0 Å². The van der Waals surface area contributed by atoms with Gasteiger partial charge in [0, 0.05) is 0 Å². The lowest BCUT2D eigenvalue weighted by molar-refractivity contribution is -0.143. The summed E-state index contributed by atoms with van der Waals surface area (Å²) in [4.78, 5) is 22.8. The Labute approximate surface area is 114 Å². The van der Waals surface area contributed by atoms with E-state index in [-0.39, 0.29) is 18.1 Å². The minimum absolute atomic E-state index is 0.0589. The molecule has 1 amide bonds. The summed E-state index contributed by atoms with van der Waals surface area (Å²) >= 11 is 0. The fraction of sp³-hybridized carbons (Fsp3) is 0.846. The number of nitrogens with two attached hydrogens (primary N) is 1. The molecule has 0 saturated carbocycles. The lowest BCUT2D eigenvalue weighted by Gasteiger charge is -2.23. The fourth-order valence-electron chi connectivity index (χ4n) is 1.39. The van der Waals surface area contributed by atoms with Crippen molar-refractivity contribution in [2.45, 2.75) is 58.7 Å². The van der Waals surface area contributed by atoms with Gasteiger partial charge in [-0.15, -0.1) is 0 Å². The molecule has 112 valence electrons. The molecule has 19 heavy (non-hydrogen) atoms. The zero-order valence-corrected chi connectivity index (χ0v) is 12.4. The zero-order chi connectivity index (χ0) is 15.2. The van der Waals surface area contributed by atoms with Gasteiger partial charge in [-0.05, 0) is 33.1 Å². The maximum atomic E-state index is 11.8. The average molecular weight is 274 g/mol. The van der Waals surface area contributed by atoms with E-state index in [0.29, 0.717) is 6.42 Å². The highest BCUT2D eigenvalue weighted by atomic mass is 16.5. The van der Waals surface area contributed by atoms with Crippen molar-refractivity contribution in [2.24, 2.45) is 11.7 Å². The highest BCUT2D eigenvalue weighted by molar-refractivity contribution is 5.86. The lowest BCUT2D eigenvalue weighted by Crippen LogP contribution is -2.51. The number of hydrogen-bond donors (Lipinski definition) is 3. The van der Waals surface area contributed by atoms with E-state index in [1.54, 1.807) is 0 Å². The maximum Gasteiger partial charge on any atom is 0.326 e. The molecule has 2 atom stereocenters. The van der Waals surface area contributed by atoms with Crippen LogP contribution in [-0.2, 0) is 14.3 Å². The average Bonchev–Trinajstić information content (AvgIpc) is 2.22. The number of amides is 1. The minimum Gasteiger partial charge on any atom is -0.480 e. The summed E-state index contributed by atoms with van der Waals surface area (Å²) in [6.45, 7) is 9.42. The van der Waals surface area contributed by atoms with E-state index in [4.69, 9.17) is 15.6 Å². The second kappa shape index (κ2) is 7.45. The Morgan fingerprint density at radius 1 is 1.32 bits per heavy atom. The topological polar surface area (TPSA) is 102 Å². The molecule has 0 rings (SSSR count). The van der Waals surface area contributed by atoms with E-state index in [2.05, 4.69) is 5.32 Å². The van der Waals surface area contributed by atoms with E-state index in [1.165, 1.54) is 0 Å². The number of carbonyl (C=O) groups is 2. The number of aliphatic carboxylic acids is 1. The molecule has 6 nitrogen and oxygen atoms in total. The standard InChI is InChI=1S/C13H26N2O4/c1-8(2)6-10(12(17)18)15-11(16)9(14)7-19-13(3,4)5/h8-10H,6-7,14H2,1-5H3,(H,15,16)(H,17,18)/t9-,10-/m0/s1. The maximum absolute atomic E-state index is 11.8. The fourth-order valence-corrected chi connectivity index (χ4v) is 1.39. The minimum atomic E-state index is -1.05. The van der Waals surface area contributed by atoms with E-state index in [0.717, 1.165) is 0 Å². The predicted molar refractivity (Wildman–Crippen MR) is 72.7 cm³/mol. The van der Waals surface area contributed by atoms with Crippen LogP contribution in [0.15, 0.2) is 0 Å². The summed E-state index contributed by atoms with van der Waals surface area (Å²) < 4.78 is 5.40. The second-order valence-electron chi connectivity index (χ2n) is 6.06. The lowest BCUT2D eigenvalue weighted by atomic mass is 10.0. The van der Waals surface area contributed by atoms with Crippen molar-refractivity contribution in [1.29, 1.82) is 0 Å². The summed E-state index contributed by atoms with van der Waals surface area (Å²) in [6, 6.07) is -1.78. The highest BCUT2D eigenvalue weighted by Gasteiger charge is 2.25. The van der Waals surface area contributed by atoms with E-state index >= 15 is 0 Å². The molecular formula is C13H26N2O4. The summed E-state index contributed by atoms with van der Waals surface area (Å²) in [7, 11) is 0. The number of carbonyl (C=O) groups excluding carboxylic acids is 1. The molecule has 0 aliphatic carbocycles. The molecule has 0 radical (unpaired) electrons. The molecule has 0 aromatic carbocycles. The van der Waals surface area contributed by atoms with Crippen molar-refractivity contribution in [1.82, 2.24) is 5.32 Å². The Balaban J connectivity index is 4.35. The molecule has 0 aromatic heterocycles. The molecule has 0 fully saturated rings. The smallest absolute Gasteiger partial charge is 0.326 e. The number of nitrogens with one attached hydrogen (secondary N) is 1. The largest absolute Gasteiger partial charge is 0.480 e. The Morgan fingerprint density at radius 2 is 1.84 bits per heavy atom. The molecule has 4 N–H and O–H groups in total. The van der Waals surface area contributed by atoms with Crippen LogP contribution in [0.3, 0.4) is 0 Å². The number of carboxylic acids is 1. The number of ether oxygens (including phenoxy) is 1. The number of rotatable bonds is 7. The van der Waals surface area contributed by atoms with Gasteiger partial charge in [-0.3, -0.25) is 4.79 Å². The molecule has 0 aromatic rings. The van der Waals surface area contributed by atoms with Crippen LogP contribution in [0.25, 0.3) is 0 Å². The third-order valence-electron chi connectivity index (χ3n) is 2.35. The van der Waals surface area contributed by atoms with E-state index in [1.807, 2.05) is 34.6 Å². The summed E-state index contributed by atoms with van der Waals surface area (Å²) in [5, 5.41) is 11.5. The van der Waals surface area contributed by atoms with Gasteiger partial charge in [0.2, 0.25) is 5.91 Å². The second-order valence-corrected chi connectivity index (χ2v) is 6.06. The molecule has 0 bridgehead atoms. The van der Waals surface area contributed by atoms with Crippen molar-refractivity contribution < 1.29 is 19.4 Å². The normalized spacial score (nSPS) is 15.1. The van der Waals surface area contributed by atoms with Crippen molar-refractivity contribution >= 4 is 11.9 Å². The Bertz CT molecular complexity index is 310. The van der Waals surface area contributed by atoms with Crippen LogP contribution in [-0.4, -0.2) is 41.3 Å². The highest BCUT2D eigenvalue weighted by Crippen LogP contribution is 2.08. The molecule has 0 aliphatic heterocycles. The van der Waals surface area contributed by atoms with Gasteiger partial charge in [-0.2, -0.15) is 0 Å². The van der Waals surface area contributed by atoms with Gasteiger partial charge in [0.25, 0.3) is 0 Å².